The van der Waals surface area contributed by atoms with Gasteiger partial charge in [-0.1, -0.05) is 0 Å². The quantitative estimate of drug-likeness (QED) is 0.679. The van der Waals surface area contributed by atoms with E-state index in [0.29, 0.717) is 13.0 Å². The third-order valence-corrected chi connectivity index (χ3v) is 2.54. The minimum atomic E-state index is -1.12. The summed E-state index contributed by atoms with van der Waals surface area (Å²) in [5.74, 6) is -0.476. The Hall–Kier alpha value is -1.30. The highest BCUT2D eigenvalue weighted by molar-refractivity contribution is 5.83. The van der Waals surface area contributed by atoms with E-state index >= 15 is 0 Å². The number of nitrogens with two attached hydrogens (primary N) is 1. The van der Waals surface area contributed by atoms with Gasteiger partial charge in [0, 0.05) is 6.54 Å². The molecule has 17 heavy (non-hydrogen) atoms. The van der Waals surface area contributed by atoms with Crippen molar-refractivity contribution in [3.05, 3.63) is 0 Å². The lowest BCUT2D eigenvalue weighted by molar-refractivity contribution is -0.161. The highest BCUT2D eigenvalue weighted by atomic mass is 16.6. The Labute approximate surface area is 101 Å². The Kier molecular flexibility index (Phi) is 3.66. The average Bonchev–Trinajstić information content (AvgIpc) is 2.59. The molecule has 1 aliphatic rings. The van der Waals surface area contributed by atoms with Gasteiger partial charge in [-0.05, 0) is 27.2 Å². The Morgan fingerprint density at radius 2 is 1.94 bits per heavy atom. The number of amides is 1. The van der Waals surface area contributed by atoms with Crippen LogP contribution in [0, 0.1) is 0 Å². The zero-order chi connectivity index (χ0) is 13.3. The monoisotopic (exact) mass is 244 g/mol. The number of likely N-dealkylation sites (tertiary alicyclic amines) is 1. The van der Waals surface area contributed by atoms with Crippen molar-refractivity contribution in [2.75, 3.05) is 20.2 Å². The van der Waals surface area contributed by atoms with E-state index < -0.39 is 23.2 Å². The van der Waals surface area contributed by atoms with E-state index in [1.165, 1.54) is 12.0 Å². The Morgan fingerprint density at radius 3 is 2.41 bits per heavy atom. The van der Waals surface area contributed by atoms with Gasteiger partial charge in [0.05, 0.1) is 13.7 Å². The van der Waals surface area contributed by atoms with Gasteiger partial charge in [-0.2, -0.15) is 0 Å². The molecule has 1 saturated heterocycles. The third kappa shape index (κ3) is 3.33. The van der Waals surface area contributed by atoms with E-state index in [1.54, 1.807) is 20.8 Å². The summed E-state index contributed by atoms with van der Waals surface area (Å²) in [5.41, 5.74) is 4.26. The molecule has 1 heterocycles. The molecule has 98 valence electrons. The largest absolute Gasteiger partial charge is 0.459 e. The Bertz CT molecular complexity index is 324. The fraction of sp³-hybridized carbons (Fsp3) is 0.818. The van der Waals surface area contributed by atoms with Crippen molar-refractivity contribution in [3.63, 3.8) is 0 Å². The molecule has 0 aliphatic carbocycles. The van der Waals surface area contributed by atoms with Crippen LogP contribution in [-0.2, 0) is 14.3 Å². The van der Waals surface area contributed by atoms with Gasteiger partial charge < -0.3 is 20.1 Å². The molecule has 0 bridgehead atoms. The van der Waals surface area contributed by atoms with Gasteiger partial charge in [0.2, 0.25) is 0 Å². The first-order valence-electron chi connectivity index (χ1n) is 5.53. The molecular formula is C11H20N2O4. The van der Waals surface area contributed by atoms with Crippen LogP contribution in [0.3, 0.4) is 0 Å². The summed E-state index contributed by atoms with van der Waals surface area (Å²) in [6.45, 7) is 5.88. The second kappa shape index (κ2) is 4.52. The molecule has 0 spiro atoms. The lowest BCUT2D eigenvalue weighted by Crippen LogP contribution is -2.53. The van der Waals surface area contributed by atoms with Gasteiger partial charge >= 0.3 is 12.1 Å². The molecule has 2 N–H and O–H groups in total. The van der Waals surface area contributed by atoms with Crippen LogP contribution in [0.1, 0.15) is 27.2 Å². The average molecular weight is 244 g/mol. The number of carbonyl (C=O) groups excluding carboxylic acids is 2. The van der Waals surface area contributed by atoms with E-state index in [9.17, 15) is 9.59 Å². The fourth-order valence-electron chi connectivity index (χ4n) is 1.66. The number of ether oxygens (including phenoxy) is 2. The summed E-state index contributed by atoms with van der Waals surface area (Å²) in [7, 11) is 1.30. The van der Waals surface area contributed by atoms with Crippen LogP contribution < -0.4 is 5.73 Å². The first kappa shape index (κ1) is 13.8. The summed E-state index contributed by atoms with van der Waals surface area (Å²) in [5, 5.41) is 0. The van der Waals surface area contributed by atoms with Crippen LogP contribution in [0.5, 0.6) is 0 Å². The number of hydrogen-bond acceptors (Lipinski definition) is 5. The van der Waals surface area contributed by atoms with Crippen LogP contribution >= 0.6 is 0 Å². The predicted octanol–water partition coefficient (Wildman–Crippen LogP) is 0.498. The summed E-state index contributed by atoms with van der Waals surface area (Å²) >= 11 is 0. The number of methoxy groups -OCH3 is 1. The minimum absolute atomic E-state index is 0.134. The molecule has 6 heteroatoms. The van der Waals surface area contributed by atoms with Crippen LogP contribution in [-0.4, -0.2) is 48.3 Å². The summed E-state index contributed by atoms with van der Waals surface area (Å²) in [6.07, 6.45) is -0.0855. The molecule has 0 radical (unpaired) electrons. The topological polar surface area (TPSA) is 81.9 Å². The van der Waals surface area contributed by atoms with E-state index in [0.717, 1.165) is 0 Å². The van der Waals surface area contributed by atoms with Gasteiger partial charge in [-0.3, -0.25) is 0 Å². The summed E-state index contributed by atoms with van der Waals surface area (Å²) in [4.78, 5) is 24.6. The zero-order valence-corrected chi connectivity index (χ0v) is 10.8. The normalized spacial score (nSPS) is 24.6. The molecule has 0 saturated carbocycles. The lowest BCUT2D eigenvalue weighted by atomic mass is 10.00. The van der Waals surface area contributed by atoms with Crippen molar-refractivity contribution in [1.82, 2.24) is 4.90 Å². The number of carbonyl (C=O) groups is 2. The third-order valence-electron chi connectivity index (χ3n) is 2.54. The van der Waals surface area contributed by atoms with Gasteiger partial charge in [0.1, 0.15) is 11.1 Å². The SMILES string of the molecule is COC(=O)N1CCC(N)(C(=O)OC(C)(C)C)C1. The number of rotatable bonds is 1. The highest BCUT2D eigenvalue weighted by Crippen LogP contribution is 2.23. The Morgan fingerprint density at radius 1 is 1.35 bits per heavy atom. The summed E-state index contributed by atoms with van der Waals surface area (Å²) in [6, 6.07) is 0. The molecule has 1 unspecified atom stereocenters. The molecule has 1 rings (SSSR count). The minimum Gasteiger partial charge on any atom is -0.459 e. The van der Waals surface area contributed by atoms with Crippen LogP contribution in [0.4, 0.5) is 4.79 Å². The van der Waals surface area contributed by atoms with E-state index in [4.69, 9.17) is 10.5 Å². The molecule has 0 aromatic heterocycles. The molecule has 1 amide bonds. The second-order valence-electron chi connectivity index (χ2n) is 5.30. The number of esters is 1. The highest BCUT2D eigenvalue weighted by Gasteiger charge is 2.45. The first-order chi connectivity index (χ1) is 7.68. The standard InChI is InChI=1S/C11H20N2O4/c1-10(2,3)17-8(14)11(12)5-6-13(7-11)9(15)16-4/h5-7,12H2,1-4H3. The fourth-order valence-corrected chi connectivity index (χ4v) is 1.66. The van der Waals surface area contributed by atoms with Gasteiger partial charge in [0.25, 0.3) is 0 Å². The molecule has 1 fully saturated rings. The van der Waals surface area contributed by atoms with Crippen LogP contribution in [0.2, 0.25) is 0 Å². The van der Waals surface area contributed by atoms with Gasteiger partial charge in [-0.15, -0.1) is 0 Å². The Balaban J connectivity index is 2.66. The van der Waals surface area contributed by atoms with Crippen molar-refractivity contribution in [2.24, 2.45) is 5.73 Å². The molecule has 1 aliphatic heterocycles. The van der Waals surface area contributed by atoms with Crippen molar-refractivity contribution in [3.8, 4) is 0 Å². The maximum atomic E-state index is 11.9. The van der Waals surface area contributed by atoms with Crippen molar-refractivity contribution >= 4 is 12.1 Å². The number of hydrogen-bond donors (Lipinski definition) is 1. The van der Waals surface area contributed by atoms with Gasteiger partial charge in [0.15, 0.2) is 0 Å². The summed E-state index contributed by atoms with van der Waals surface area (Å²) < 4.78 is 9.83. The van der Waals surface area contributed by atoms with Crippen LogP contribution in [0.15, 0.2) is 0 Å². The second-order valence-corrected chi connectivity index (χ2v) is 5.30. The first-order valence-corrected chi connectivity index (χ1v) is 5.53. The van der Waals surface area contributed by atoms with E-state index in [1.807, 2.05) is 0 Å². The lowest BCUT2D eigenvalue weighted by Gasteiger charge is -2.27. The molecule has 1 atom stereocenters. The van der Waals surface area contributed by atoms with E-state index in [-0.39, 0.29) is 6.54 Å². The maximum Gasteiger partial charge on any atom is 0.409 e. The number of nitrogens with zero attached hydrogens (tertiary/aromatic N) is 1. The molecule has 0 aromatic rings. The van der Waals surface area contributed by atoms with Crippen molar-refractivity contribution < 1.29 is 19.1 Å². The predicted molar refractivity (Wildman–Crippen MR) is 61.4 cm³/mol. The molecular weight excluding hydrogens is 224 g/mol. The maximum absolute atomic E-state index is 11.9. The van der Waals surface area contributed by atoms with E-state index in [2.05, 4.69) is 4.74 Å². The zero-order valence-electron chi connectivity index (χ0n) is 10.8. The van der Waals surface area contributed by atoms with Crippen molar-refractivity contribution in [2.45, 2.75) is 38.3 Å². The molecule has 6 nitrogen and oxygen atoms in total. The molecule has 0 aromatic carbocycles. The smallest absolute Gasteiger partial charge is 0.409 e. The van der Waals surface area contributed by atoms with Crippen molar-refractivity contribution in [1.29, 1.82) is 0 Å². The van der Waals surface area contributed by atoms with Gasteiger partial charge in [-0.25, -0.2) is 9.59 Å². The van der Waals surface area contributed by atoms with Crippen LogP contribution in [0.25, 0.3) is 0 Å².